The highest BCUT2D eigenvalue weighted by Gasteiger charge is 2.42. The van der Waals surface area contributed by atoms with E-state index >= 15 is 0 Å². The molecule has 2 N–H and O–H groups in total. The van der Waals surface area contributed by atoms with Gasteiger partial charge in [0.05, 0.1) is 19.8 Å². The molecule has 2 aromatic carbocycles. The van der Waals surface area contributed by atoms with E-state index < -0.39 is 0 Å². The number of hydrogen-bond donors (Lipinski definition) is 2. The second-order valence-electron chi connectivity index (χ2n) is 8.19. The Balaban J connectivity index is 1.34. The zero-order chi connectivity index (χ0) is 20.4. The zero-order valence-electron chi connectivity index (χ0n) is 16.6. The number of phenolic OH excluding ortho intramolecular Hbond substituents is 1. The number of halogens is 1. The zero-order valence-corrected chi connectivity index (χ0v) is 16.6. The van der Waals surface area contributed by atoms with Crippen LogP contribution in [0.25, 0.3) is 0 Å². The molecule has 1 heterocycles. The number of para-hydroxylation sites is 1. The average molecular weight is 401 g/mol. The van der Waals surface area contributed by atoms with Crippen molar-refractivity contribution < 1.29 is 24.1 Å². The van der Waals surface area contributed by atoms with E-state index in [4.69, 9.17) is 9.47 Å². The van der Waals surface area contributed by atoms with Gasteiger partial charge >= 0.3 is 0 Å². The quantitative estimate of drug-likeness (QED) is 0.745. The van der Waals surface area contributed by atoms with Gasteiger partial charge in [0.25, 0.3) is 0 Å². The summed E-state index contributed by atoms with van der Waals surface area (Å²) in [5.74, 6) is 1.58. The van der Waals surface area contributed by atoms with Gasteiger partial charge in [-0.05, 0) is 54.5 Å². The minimum atomic E-state index is -0.386. The number of phenols is 1. The number of hydrogen-bond acceptors (Lipinski definition) is 5. The number of aromatic hydroxyl groups is 1. The van der Waals surface area contributed by atoms with E-state index in [0.29, 0.717) is 17.6 Å². The van der Waals surface area contributed by atoms with E-state index in [1.165, 1.54) is 13.2 Å². The van der Waals surface area contributed by atoms with E-state index in [1.807, 2.05) is 12.1 Å². The molecule has 0 amide bonds. The molecule has 1 saturated heterocycles. The SMILES string of the molecule is COc1cccc(F)c1OC1C[C@@H]2CN(CC(CO)c3ccc(O)cc3)C[C@@H]2C1. The summed E-state index contributed by atoms with van der Waals surface area (Å²) in [6, 6.07) is 11.8. The van der Waals surface area contributed by atoms with Crippen molar-refractivity contribution >= 4 is 0 Å². The van der Waals surface area contributed by atoms with E-state index in [1.54, 1.807) is 24.3 Å². The first-order valence-corrected chi connectivity index (χ1v) is 10.2. The predicted octanol–water partition coefficient (Wildman–Crippen LogP) is 3.41. The van der Waals surface area contributed by atoms with Crippen LogP contribution in [0.3, 0.4) is 0 Å². The molecule has 4 atom stereocenters. The Bertz CT molecular complexity index is 814. The van der Waals surface area contributed by atoms with Crippen LogP contribution < -0.4 is 9.47 Å². The summed E-state index contributed by atoms with van der Waals surface area (Å²) >= 11 is 0. The van der Waals surface area contributed by atoms with Crippen LogP contribution in [0.5, 0.6) is 17.2 Å². The van der Waals surface area contributed by atoms with Crippen molar-refractivity contribution in [3.63, 3.8) is 0 Å². The molecular weight excluding hydrogens is 373 g/mol. The highest BCUT2D eigenvalue weighted by atomic mass is 19.1. The Hall–Kier alpha value is -2.31. The third-order valence-electron chi connectivity index (χ3n) is 6.28. The van der Waals surface area contributed by atoms with Crippen LogP contribution in [0.1, 0.15) is 24.3 Å². The molecule has 2 unspecified atom stereocenters. The molecule has 1 aliphatic heterocycles. The maximum Gasteiger partial charge on any atom is 0.197 e. The maximum atomic E-state index is 14.2. The largest absolute Gasteiger partial charge is 0.508 e. The lowest BCUT2D eigenvalue weighted by molar-refractivity contribution is 0.165. The van der Waals surface area contributed by atoms with Gasteiger partial charge in [-0.1, -0.05) is 18.2 Å². The Morgan fingerprint density at radius 3 is 2.41 bits per heavy atom. The van der Waals surface area contributed by atoms with Crippen LogP contribution in [-0.4, -0.2) is 54.6 Å². The van der Waals surface area contributed by atoms with E-state index in [-0.39, 0.29) is 35.9 Å². The summed E-state index contributed by atoms with van der Waals surface area (Å²) in [4.78, 5) is 2.41. The number of methoxy groups -OCH3 is 1. The number of aliphatic hydroxyl groups excluding tert-OH is 1. The van der Waals surface area contributed by atoms with E-state index in [9.17, 15) is 14.6 Å². The summed E-state index contributed by atoms with van der Waals surface area (Å²) in [6.45, 7) is 2.80. The second kappa shape index (κ2) is 8.59. The van der Waals surface area contributed by atoms with Crippen LogP contribution in [0.15, 0.2) is 42.5 Å². The van der Waals surface area contributed by atoms with Gasteiger partial charge in [-0.3, -0.25) is 0 Å². The Kier molecular flexibility index (Phi) is 5.92. The van der Waals surface area contributed by atoms with Crippen molar-refractivity contribution in [3.8, 4) is 17.2 Å². The molecule has 1 aliphatic carbocycles. The number of fused-ring (bicyclic) bond motifs is 1. The van der Waals surface area contributed by atoms with Gasteiger partial charge in [0.2, 0.25) is 0 Å². The molecule has 2 aromatic rings. The number of nitrogens with zero attached hydrogens (tertiary/aromatic N) is 1. The molecular formula is C23H28FNO4. The highest BCUT2D eigenvalue weighted by Crippen LogP contribution is 2.42. The number of aliphatic hydroxyl groups is 1. The summed E-state index contributed by atoms with van der Waals surface area (Å²) in [5, 5.41) is 19.3. The van der Waals surface area contributed by atoms with Crippen molar-refractivity contribution in [3.05, 3.63) is 53.8 Å². The summed E-state index contributed by atoms with van der Waals surface area (Å²) in [5.41, 5.74) is 1.04. The number of ether oxygens (including phenoxy) is 2. The fourth-order valence-corrected chi connectivity index (χ4v) is 4.84. The molecule has 0 radical (unpaired) electrons. The first-order valence-electron chi connectivity index (χ1n) is 10.2. The van der Waals surface area contributed by atoms with Crippen molar-refractivity contribution in [1.82, 2.24) is 4.90 Å². The first kappa shape index (κ1) is 20.0. The lowest BCUT2D eigenvalue weighted by Gasteiger charge is -2.24. The highest BCUT2D eigenvalue weighted by molar-refractivity contribution is 5.41. The molecule has 4 rings (SSSR count). The number of likely N-dealkylation sites (tertiary alicyclic amines) is 1. The van der Waals surface area contributed by atoms with Crippen LogP contribution >= 0.6 is 0 Å². The molecule has 0 bridgehead atoms. The average Bonchev–Trinajstić information content (AvgIpc) is 3.26. The Labute approximate surface area is 170 Å². The van der Waals surface area contributed by atoms with Gasteiger partial charge in [0.15, 0.2) is 17.3 Å². The van der Waals surface area contributed by atoms with Gasteiger partial charge in [-0.25, -0.2) is 4.39 Å². The fourth-order valence-electron chi connectivity index (χ4n) is 4.84. The molecule has 5 nitrogen and oxygen atoms in total. The molecule has 2 fully saturated rings. The van der Waals surface area contributed by atoms with Gasteiger partial charge < -0.3 is 24.6 Å². The smallest absolute Gasteiger partial charge is 0.197 e. The lowest BCUT2D eigenvalue weighted by Crippen LogP contribution is -2.30. The third-order valence-corrected chi connectivity index (χ3v) is 6.28. The molecule has 29 heavy (non-hydrogen) atoms. The van der Waals surface area contributed by atoms with Crippen molar-refractivity contribution in [2.45, 2.75) is 24.9 Å². The van der Waals surface area contributed by atoms with Crippen LogP contribution in [0.2, 0.25) is 0 Å². The van der Waals surface area contributed by atoms with E-state index in [2.05, 4.69) is 4.90 Å². The molecule has 156 valence electrons. The molecule has 6 heteroatoms. The lowest BCUT2D eigenvalue weighted by atomic mass is 9.99. The predicted molar refractivity (Wildman–Crippen MR) is 108 cm³/mol. The van der Waals surface area contributed by atoms with Crippen LogP contribution in [0, 0.1) is 17.7 Å². The summed E-state index contributed by atoms with van der Waals surface area (Å²) < 4.78 is 25.4. The minimum Gasteiger partial charge on any atom is -0.508 e. The molecule has 0 aromatic heterocycles. The van der Waals surface area contributed by atoms with Gasteiger partial charge in [0, 0.05) is 25.6 Å². The summed E-state index contributed by atoms with van der Waals surface area (Å²) in [6.07, 6.45) is 1.81. The monoisotopic (exact) mass is 401 g/mol. The molecule has 0 spiro atoms. The van der Waals surface area contributed by atoms with Gasteiger partial charge in [-0.2, -0.15) is 0 Å². The summed E-state index contributed by atoms with van der Waals surface area (Å²) in [7, 11) is 1.52. The third kappa shape index (κ3) is 4.33. The van der Waals surface area contributed by atoms with Crippen molar-refractivity contribution in [2.75, 3.05) is 33.4 Å². The number of benzene rings is 2. The van der Waals surface area contributed by atoms with Crippen LogP contribution in [0.4, 0.5) is 4.39 Å². The number of rotatable bonds is 7. The topological polar surface area (TPSA) is 62.2 Å². The molecule has 1 saturated carbocycles. The minimum absolute atomic E-state index is 0.00341. The molecule has 2 aliphatic rings. The van der Waals surface area contributed by atoms with Crippen molar-refractivity contribution in [1.29, 1.82) is 0 Å². The van der Waals surface area contributed by atoms with Gasteiger partial charge in [0.1, 0.15) is 5.75 Å². The van der Waals surface area contributed by atoms with Gasteiger partial charge in [-0.15, -0.1) is 0 Å². The Morgan fingerprint density at radius 1 is 1.10 bits per heavy atom. The van der Waals surface area contributed by atoms with E-state index in [0.717, 1.165) is 38.0 Å². The standard InChI is InChI=1S/C23H28FNO4/c1-28-22-4-2-3-21(24)23(22)29-20-9-16-11-25(12-17(16)10-20)13-18(14-26)15-5-7-19(27)8-6-15/h2-8,16-18,20,26-27H,9-14H2,1H3/t16-,17+,18?,20?. The van der Waals surface area contributed by atoms with Crippen molar-refractivity contribution in [2.24, 2.45) is 11.8 Å². The van der Waals surface area contributed by atoms with Crippen LogP contribution in [-0.2, 0) is 0 Å². The maximum absolute atomic E-state index is 14.2. The normalized spacial score (nSPS) is 25.0. The first-order chi connectivity index (χ1) is 14.1. The fraction of sp³-hybridized carbons (Fsp3) is 0.478. The Morgan fingerprint density at radius 2 is 1.79 bits per heavy atom. The second-order valence-corrected chi connectivity index (χ2v) is 8.19.